The van der Waals surface area contributed by atoms with Gasteiger partial charge in [0.2, 0.25) is 0 Å². The van der Waals surface area contributed by atoms with Crippen molar-refractivity contribution in [2.75, 3.05) is 4.72 Å². The Bertz CT molecular complexity index is 1510. The van der Waals surface area contributed by atoms with Gasteiger partial charge in [-0.2, -0.15) is 4.99 Å². The van der Waals surface area contributed by atoms with Crippen molar-refractivity contribution in [1.29, 1.82) is 0 Å². The summed E-state index contributed by atoms with van der Waals surface area (Å²) < 4.78 is 29.9. The van der Waals surface area contributed by atoms with Gasteiger partial charge in [-0.25, -0.2) is 8.42 Å². The van der Waals surface area contributed by atoms with E-state index in [0.29, 0.717) is 36.6 Å². The second-order valence-corrected chi connectivity index (χ2v) is 10.6. The molecule has 0 fully saturated rings. The minimum absolute atomic E-state index is 0.0756. The zero-order valence-corrected chi connectivity index (χ0v) is 20.2. The molecule has 0 aliphatic carbocycles. The number of sulfonamides is 1. The Balaban J connectivity index is 1.60. The number of thiazole rings is 1. The number of rotatable bonds is 4. The molecule has 4 rings (SSSR count). The van der Waals surface area contributed by atoms with Crippen LogP contribution in [0.25, 0.3) is 10.2 Å². The average Bonchev–Trinajstić information content (AvgIpc) is 3.08. The van der Waals surface area contributed by atoms with Gasteiger partial charge in [0.15, 0.2) is 4.80 Å². The van der Waals surface area contributed by atoms with Crippen LogP contribution in [0.2, 0.25) is 15.1 Å². The van der Waals surface area contributed by atoms with Crippen molar-refractivity contribution in [3.8, 4) is 0 Å². The molecule has 4 aromatic rings. The monoisotopic (exact) mass is 525 g/mol. The number of nitrogens with zero attached hydrogens (tertiary/aromatic N) is 2. The Morgan fingerprint density at radius 1 is 0.938 bits per heavy atom. The van der Waals surface area contributed by atoms with E-state index in [-0.39, 0.29) is 4.90 Å². The van der Waals surface area contributed by atoms with E-state index in [9.17, 15) is 13.2 Å². The number of hydrogen-bond donors (Lipinski definition) is 1. The van der Waals surface area contributed by atoms with Crippen molar-refractivity contribution in [1.82, 2.24) is 4.57 Å². The van der Waals surface area contributed by atoms with Gasteiger partial charge in [-0.3, -0.25) is 9.52 Å². The predicted octanol–water partition coefficient (Wildman–Crippen LogP) is 5.74. The van der Waals surface area contributed by atoms with Gasteiger partial charge in [0, 0.05) is 23.3 Å². The summed E-state index contributed by atoms with van der Waals surface area (Å²) in [5.74, 6) is -0.480. The van der Waals surface area contributed by atoms with Gasteiger partial charge in [0.25, 0.3) is 15.9 Å². The highest BCUT2D eigenvalue weighted by molar-refractivity contribution is 7.92. The molecule has 0 aliphatic rings. The van der Waals surface area contributed by atoms with Crippen molar-refractivity contribution in [3.63, 3.8) is 0 Å². The molecule has 1 heterocycles. The van der Waals surface area contributed by atoms with Gasteiger partial charge in [0.1, 0.15) is 0 Å². The van der Waals surface area contributed by atoms with E-state index in [1.807, 2.05) is 0 Å². The Morgan fingerprint density at radius 3 is 2.19 bits per heavy atom. The third kappa shape index (κ3) is 4.55. The lowest BCUT2D eigenvalue weighted by atomic mass is 10.2. The van der Waals surface area contributed by atoms with Crippen LogP contribution >= 0.6 is 46.1 Å². The SMILES string of the molecule is Cn1c(=NC(=O)c2ccc(NS(=O)(=O)c3ccc(Cl)cc3)cc2)sc2c(Cl)ccc(Cl)c21. The molecule has 0 spiro atoms. The highest BCUT2D eigenvalue weighted by Gasteiger charge is 2.15. The molecule has 0 saturated carbocycles. The third-order valence-corrected chi connectivity index (χ3v) is 8.10. The Morgan fingerprint density at radius 2 is 1.56 bits per heavy atom. The van der Waals surface area contributed by atoms with E-state index < -0.39 is 15.9 Å². The molecule has 1 aromatic heterocycles. The number of anilines is 1. The first-order valence-electron chi connectivity index (χ1n) is 9.07. The quantitative estimate of drug-likeness (QED) is 0.368. The van der Waals surface area contributed by atoms with Crippen molar-refractivity contribution < 1.29 is 13.2 Å². The van der Waals surface area contributed by atoms with Crippen molar-refractivity contribution in [2.45, 2.75) is 4.90 Å². The minimum atomic E-state index is -3.78. The van der Waals surface area contributed by atoms with E-state index in [2.05, 4.69) is 9.71 Å². The normalized spacial score (nSPS) is 12.3. The molecule has 0 atom stereocenters. The van der Waals surface area contributed by atoms with Gasteiger partial charge in [0.05, 0.1) is 25.2 Å². The summed E-state index contributed by atoms with van der Waals surface area (Å²) >= 11 is 19.6. The average molecular weight is 527 g/mol. The maximum absolute atomic E-state index is 12.7. The molecule has 0 bridgehead atoms. The maximum Gasteiger partial charge on any atom is 0.279 e. The summed E-state index contributed by atoms with van der Waals surface area (Å²) in [6.45, 7) is 0. The molecule has 0 saturated heterocycles. The summed E-state index contributed by atoms with van der Waals surface area (Å²) in [6.07, 6.45) is 0. The third-order valence-electron chi connectivity index (χ3n) is 4.56. The molecule has 0 radical (unpaired) electrons. The Kier molecular flexibility index (Phi) is 6.33. The number of halogens is 3. The first kappa shape index (κ1) is 22.8. The van der Waals surface area contributed by atoms with Crippen LogP contribution in [0.3, 0.4) is 0 Å². The number of aromatic nitrogens is 1. The molecule has 1 N–H and O–H groups in total. The van der Waals surface area contributed by atoms with E-state index in [1.54, 1.807) is 23.7 Å². The largest absolute Gasteiger partial charge is 0.318 e. The Hall–Kier alpha value is -2.36. The summed E-state index contributed by atoms with van der Waals surface area (Å²) in [5, 5.41) is 1.47. The summed E-state index contributed by atoms with van der Waals surface area (Å²) in [7, 11) is -2.03. The van der Waals surface area contributed by atoms with E-state index >= 15 is 0 Å². The van der Waals surface area contributed by atoms with Crippen LogP contribution in [0.5, 0.6) is 0 Å². The van der Waals surface area contributed by atoms with Gasteiger partial charge < -0.3 is 4.57 Å². The van der Waals surface area contributed by atoms with E-state index in [1.165, 1.54) is 59.9 Å². The topological polar surface area (TPSA) is 80.5 Å². The zero-order chi connectivity index (χ0) is 23.0. The number of amides is 1. The number of fused-ring (bicyclic) bond motifs is 1. The van der Waals surface area contributed by atoms with Crippen LogP contribution in [0, 0.1) is 0 Å². The molecular formula is C21H14Cl3N3O3S2. The molecule has 164 valence electrons. The van der Waals surface area contributed by atoms with Gasteiger partial charge in [-0.15, -0.1) is 0 Å². The number of nitrogens with one attached hydrogen (secondary N) is 1. The summed E-state index contributed by atoms with van der Waals surface area (Å²) in [4.78, 5) is 17.4. The zero-order valence-electron chi connectivity index (χ0n) is 16.3. The lowest BCUT2D eigenvalue weighted by molar-refractivity contribution is 0.0998. The first-order chi connectivity index (χ1) is 15.2. The number of aryl methyl sites for hydroxylation is 1. The summed E-state index contributed by atoms with van der Waals surface area (Å²) in [5.41, 5.74) is 1.30. The van der Waals surface area contributed by atoms with Crippen LogP contribution in [0.1, 0.15) is 10.4 Å². The fraction of sp³-hybridized carbons (Fsp3) is 0.0476. The number of hydrogen-bond acceptors (Lipinski definition) is 4. The molecule has 11 heteroatoms. The molecule has 0 unspecified atom stereocenters. The minimum Gasteiger partial charge on any atom is -0.318 e. The van der Waals surface area contributed by atoms with Gasteiger partial charge >= 0.3 is 0 Å². The highest BCUT2D eigenvalue weighted by Crippen LogP contribution is 2.31. The lowest BCUT2D eigenvalue weighted by Gasteiger charge is -2.08. The highest BCUT2D eigenvalue weighted by atomic mass is 35.5. The molecule has 3 aromatic carbocycles. The fourth-order valence-electron chi connectivity index (χ4n) is 2.95. The van der Waals surface area contributed by atoms with Crippen LogP contribution < -0.4 is 9.52 Å². The molecular weight excluding hydrogens is 513 g/mol. The number of carbonyl (C=O) groups excluding carboxylic acids is 1. The van der Waals surface area contributed by atoms with E-state index in [4.69, 9.17) is 34.8 Å². The van der Waals surface area contributed by atoms with Gasteiger partial charge in [-0.05, 0) is 60.7 Å². The van der Waals surface area contributed by atoms with Crippen molar-refractivity contribution in [2.24, 2.45) is 12.0 Å². The standard InChI is InChI=1S/C21H14Cl3N3O3S2/c1-27-18-16(23)10-11-17(24)19(18)31-21(27)25-20(28)12-2-6-14(7-3-12)26-32(29,30)15-8-4-13(22)5-9-15/h2-11,26H,1H3. The Labute approximate surface area is 202 Å². The van der Waals surface area contributed by atoms with Crippen LogP contribution in [0.4, 0.5) is 5.69 Å². The second-order valence-electron chi connectivity index (χ2n) is 6.70. The smallest absolute Gasteiger partial charge is 0.279 e. The molecule has 6 nitrogen and oxygen atoms in total. The lowest BCUT2D eigenvalue weighted by Crippen LogP contribution is -2.14. The first-order valence-corrected chi connectivity index (χ1v) is 12.5. The van der Waals surface area contributed by atoms with Crippen LogP contribution in [0.15, 0.2) is 70.6 Å². The van der Waals surface area contributed by atoms with Crippen LogP contribution in [-0.2, 0) is 17.1 Å². The van der Waals surface area contributed by atoms with Crippen LogP contribution in [-0.4, -0.2) is 18.9 Å². The van der Waals surface area contributed by atoms with Gasteiger partial charge in [-0.1, -0.05) is 46.1 Å². The van der Waals surface area contributed by atoms with Crippen molar-refractivity contribution >= 4 is 78.0 Å². The van der Waals surface area contributed by atoms with Crippen molar-refractivity contribution in [3.05, 3.63) is 86.1 Å². The summed E-state index contributed by atoms with van der Waals surface area (Å²) in [6, 6.07) is 15.2. The fourth-order valence-corrected chi connectivity index (χ4v) is 5.79. The van der Waals surface area contributed by atoms with E-state index in [0.717, 1.165) is 4.70 Å². The molecule has 0 aliphatic heterocycles. The predicted molar refractivity (Wildman–Crippen MR) is 129 cm³/mol. The molecule has 32 heavy (non-hydrogen) atoms. The number of benzene rings is 3. The molecule has 1 amide bonds. The number of carbonyl (C=O) groups is 1. The maximum atomic E-state index is 12.7. The second kappa shape index (κ2) is 8.88.